The van der Waals surface area contributed by atoms with Crippen LogP contribution in [0.25, 0.3) is 0 Å². The molecule has 0 bridgehead atoms. The minimum Gasteiger partial charge on any atom is -0.497 e. The van der Waals surface area contributed by atoms with Crippen LogP contribution in [-0.2, 0) is 6.54 Å². The molecule has 0 heterocycles. The van der Waals surface area contributed by atoms with Gasteiger partial charge in [-0.25, -0.2) is 0 Å². The molecule has 0 fully saturated rings. The van der Waals surface area contributed by atoms with Gasteiger partial charge in [0.15, 0.2) is 0 Å². The second-order valence-electron chi connectivity index (χ2n) is 4.79. The van der Waals surface area contributed by atoms with Gasteiger partial charge in [-0.1, -0.05) is 6.07 Å². The molecular weight excluding hydrogens is 264 g/mol. The highest BCUT2D eigenvalue weighted by Crippen LogP contribution is 2.27. The molecule has 2 rings (SSSR count). The molecular formula is C17H22N2O2. The van der Waals surface area contributed by atoms with Crippen molar-refractivity contribution < 1.29 is 9.47 Å². The Bertz CT molecular complexity index is 599. The Hall–Kier alpha value is -2.36. The van der Waals surface area contributed by atoms with Crippen molar-refractivity contribution in [3.63, 3.8) is 0 Å². The molecule has 0 aromatic heterocycles. The molecule has 2 aromatic rings. The molecule has 0 atom stereocenters. The number of methoxy groups -OCH3 is 2. The molecule has 4 nitrogen and oxygen atoms in total. The molecule has 0 aliphatic heterocycles. The van der Waals surface area contributed by atoms with Crippen molar-refractivity contribution in [3.8, 4) is 11.5 Å². The van der Waals surface area contributed by atoms with Crippen LogP contribution in [0.3, 0.4) is 0 Å². The van der Waals surface area contributed by atoms with Gasteiger partial charge in [0.1, 0.15) is 11.5 Å². The van der Waals surface area contributed by atoms with Crippen molar-refractivity contribution >= 4 is 11.4 Å². The topological polar surface area (TPSA) is 47.7 Å². The van der Waals surface area contributed by atoms with Gasteiger partial charge in [0, 0.05) is 30.0 Å². The average Bonchev–Trinajstić information content (AvgIpc) is 2.52. The third-order valence-corrected chi connectivity index (χ3v) is 3.47. The van der Waals surface area contributed by atoms with Crippen LogP contribution in [0.2, 0.25) is 0 Å². The van der Waals surface area contributed by atoms with Crippen LogP contribution in [0.5, 0.6) is 11.5 Å². The number of anilines is 2. The number of nitrogens with two attached hydrogens (primary N) is 1. The Morgan fingerprint density at radius 2 is 1.86 bits per heavy atom. The zero-order valence-corrected chi connectivity index (χ0v) is 12.8. The summed E-state index contributed by atoms with van der Waals surface area (Å²) in [6.07, 6.45) is 0. The zero-order chi connectivity index (χ0) is 15.2. The first-order valence-electron chi connectivity index (χ1n) is 6.99. The van der Waals surface area contributed by atoms with E-state index < -0.39 is 0 Å². The number of hydrogen-bond donors (Lipinski definition) is 1. The summed E-state index contributed by atoms with van der Waals surface area (Å²) in [4.78, 5) is 2.24. The fourth-order valence-electron chi connectivity index (χ4n) is 2.32. The van der Waals surface area contributed by atoms with Crippen molar-refractivity contribution in [2.75, 3.05) is 31.4 Å². The van der Waals surface area contributed by atoms with Crippen LogP contribution in [0.4, 0.5) is 11.4 Å². The molecule has 21 heavy (non-hydrogen) atoms. The predicted octanol–water partition coefficient (Wildman–Crippen LogP) is 3.31. The second-order valence-corrected chi connectivity index (χ2v) is 4.79. The van der Waals surface area contributed by atoms with Crippen molar-refractivity contribution in [1.29, 1.82) is 0 Å². The van der Waals surface area contributed by atoms with Gasteiger partial charge in [-0.3, -0.25) is 0 Å². The molecule has 112 valence electrons. The average molecular weight is 286 g/mol. The first-order valence-corrected chi connectivity index (χ1v) is 6.99. The Morgan fingerprint density at radius 3 is 2.48 bits per heavy atom. The van der Waals surface area contributed by atoms with Crippen LogP contribution in [0, 0.1) is 0 Å². The summed E-state index contributed by atoms with van der Waals surface area (Å²) in [6, 6.07) is 13.7. The molecule has 0 saturated heterocycles. The predicted molar refractivity (Wildman–Crippen MR) is 87.1 cm³/mol. The number of hydrogen-bond acceptors (Lipinski definition) is 4. The van der Waals surface area contributed by atoms with E-state index in [-0.39, 0.29) is 0 Å². The lowest BCUT2D eigenvalue weighted by molar-refractivity contribution is 0.398. The van der Waals surface area contributed by atoms with Crippen LogP contribution in [0.15, 0.2) is 42.5 Å². The van der Waals surface area contributed by atoms with E-state index in [1.165, 1.54) is 0 Å². The van der Waals surface area contributed by atoms with E-state index in [4.69, 9.17) is 15.2 Å². The number of rotatable bonds is 6. The highest BCUT2D eigenvalue weighted by Gasteiger charge is 2.11. The molecule has 4 heteroatoms. The Morgan fingerprint density at radius 1 is 1.05 bits per heavy atom. The maximum Gasteiger partial charge on any atom is 0.124 e. The third-order valence-electron chi connectivity index (χ3n) is 3.47. The quantitative estimate of drug-likeness (QED) is 0.828. The number of nitrogen functional groups attached to an aromatic ring is 1. The molecule has 2 aromatic carbocycles. The second kappa shape index (κ2) is 6.88. The lowest BCUT2D eigenvalue weighted by atomic mass is 10.1. The summed E-state index contributed by atoms with van der Waals surface area (Å²) >= 11 is 0. The van der Waals surface area contributed by atoms with Crippen LogP contribution >= 0.6 is 0 Å². The molecule has 0 radical (unpaired) electrons. The molecule has 0 saturated carbocycles. The molecule has 0 aliphatic carbocycles. The molecule has 0 amide bonds. The fourth-order valence-corrected chi connectivity index (χ4v) is 2.32. The van der Waals surface area contributed by atoms with Gasteiger partial charge >= 0.3 is 0 Å². The van der Waals surface area contributed by atoms with Crippen LogP contribution in [0.1, 0.15) is 12.5 Å². The molecule has 0 spiro atoms. The standard InChI is InChI=1S/C17H22N2O2/c1-4-19(15-7-5-6-14(18)11-15)12-13-10-16(20-2)8-9-17(13)21-3/h5-11H,4,12,18H2,1-3H3. The third kappa shape index (κ3) is 3.60. The number of ether oxygens (including phenoxy) is 2. The molecule has 0 aliphatic rings. The summed E-state index contributed by atoms with van der Waals surface area (Å²) in [5.74, 6) is 1.69. The van der Waals surface area contributed by atoms with E-state index in [1.807, 2.05) is 36.4 Å². The summed E-state index contributed by atoms with van der Waals surface area (Å²) in [7, 11) is 3.35. The largest absolute Gasteiger partial charge is 0.497 e. The van der Waals surface area contributed by atoms with E-state index in [0.29, 0.717) is 0 Å². The summed E-state index contributed by atoms with van der Waals surface area (Å²) in [5, 5.41) is 0. The van der Waals surface area contributed by atoms with E-state index in [9.17, 15) is 0 Å². The number of benzene rings is 2. The van der Waals surface area contributed by atoms with Crippen molar-refractivity contribution in [2.45, 2.75) is 13.5 Å². The van der Waals surface area contributed by atoms with E-state index >= 15 is 0 Å². The monoisotopic (exact) mass is 286 g/mol. The normalized spacial score (nSPS) is 10.2. The Kier molecular flexibility index (Phi) is 4.93. The Labute approximate surface area is 126 Å². The summed E-state index contributed by atoms with van der Waals surface area (Å²) in [5.41, 5.74) is 8.83. The van der Waals surface area contributed by atoms with E-state index in [2.05, 4.69) is 17.9 Å². The highest BCUT2D eigenvalue weighted by atomic mass is 16.5. The highest BCUT2D eigenvalue weighted by molar-refractivity contribution is 5.56. The minimum absolute atomic E-state index is 0.736. The van der Waals surface area contributed by atoms with Gasteiger partial charge in [0.2, 0.25) is 0 Å². The van der Waals surface area contributed by atoms with Gasteiger partial charge in [0.05, 0.1) is 14.2 Å². The summed E-state index contributed by atoms with van der Waals surface area (Å²) < 4.78 is 10.7. The van der Waals surface area contributed by atoms with Crippen molar-refractivity contribution in [2.24, 2.45) is 0 Å². The maximum atomic E-state index is 5.87. The lowest BCUT2D eigenvalue weighted by Crippen LogP contribution is -2.22. The SMILES string of the molecule is CCN(Cc1cc(OC)ccc1OC)c1cccc(N)c1. The van der Waals surface area contributed by atoms with Crippen LogP contribution in [-0.4, -0.2) is 20.8 Å². The van der Waals surface area contributed by atoms with Gasteiger partial charge in [0.25, 0.3) is 0 Å². The fraction of sp³-hybridized carbons (Fsp3) is 0.294. The van der Waals surface area contributed by atoms with Crippen molar-refractivity contribution in [1.82, 2.24) is 0 Å². The Balaban J connectivity index is 2.29. The number of nitrogens with zero attached hydrogens (tertiary/aromatic N) is 1. The van der Waals surface area contributed by atoms with Crippen molar-refractivity contribution in [3.05, 3.63) is 48.0 Å². The van der Waals surface area contributed by atoms with Gasteiger partial charge in [-0.05, 0) is 43.3 Å². The van der Waals surface area contributed by atoms with Gasteiger partial charge in [-0.2, -0.15) is 0 Å². The molecule has 0 unspecified atom stereocenters. The maximum absolute atomic E-state index is 5.87. The van der Waals surface area contributed by atoms with Gasteiger partial charge < -0.3 is 20.1 Å². The molecule has 2 N–H and O–H groups in total. The smallest absolute Gasteiger partial charge is 0.124 e. The van der Waals surface area contributed by atoms with E-state index in [1.54, 1.807) is 14.2 Å². The zero-order valence-electron chi connectivity index (χ0n) is 12.8. The minimum atomic E-state index is 0.736. The van der Waals surface area contributed by atoms with E-state index in [0.717, 1.165) is 41.5 Å². The van der Waals surface area contributed by atoms with Crippen LogP contribution < -0.4 is 20.1 Å². The first kappa shape index (κ1) is 15.0. The first-order chi connectivity index (χ1) is 10.2. The summed E-state index contributed by atoms with van der Waals surface area (Å²) in [6.45, 7) is 3.74. The lowest BCUT2D eigenvalue weighted by Gasteiger charge is -2.24. The van der Waals surface area contributed by atoms with Gasteiger partial charge in [-0.15, -0.1) is 0 Å².